The number of hydrogen-bond donors (Lipinski definition) is 2. The zero-order valence-corrected chi connectivity index (χ0v) is 11.3. The summed E-state index contributed by atoms with van der Waals surface area (Å²) in [6, 6.07) is 11.1. The molecule has 0 amide bonds. The van der Waals surface area contributed by atoms with Gasteiger partial charge in [-0.2, -0.15) is 0 Å². The molecule has 3 rings (SSSR count). The predicted octanol–water partition coefficient (Wildman–Crippen LogP) is 2.52. The molecule has 3 aromatic rings. The van der Waals surface area contributed by atoms with E-state index in [1.807, 2.05) is 30.3 Å². The first-order chi connectivity index (χ1) is 10.3. The Bertz CT molecular complexity index is 755. The Kier molecular flexibility index (Phi) is 3.85. The third-order valence-electron chi connectivity index (χ3n) is 3.49. The van der Waals surface area contributed by atoms with Gasteiger partial charge in [-0.1, -0.05) is 18.2 Å². The maximum Gasteiger partial charge on any atom is 0.141 e. The van der Waals surface area contributed by atoms with Gasteiger partial charge in [-0.3, -0.25) is 21.2 Å². The minimum Gasteiger partial charge on any atom is -0.271 e. The summed E-state index contributed by atoms with van der Waals surface area (Å²) in [7, 11) is 0. The molecule has 3 N–H and O–H groups in total. The smallest absolute Gasteiger partial charge is 0.141 e. The summed E-state index contributed by atoms with van der Waals surface area (Å²) in [5.41, 5.74) is 5.49. The van der Waals surface area contributed by atoms with Crippen LogP contribution in [0.4, 0.5) is 4.39 Å². The summed E-state index contributed by atoms with van der Waals surface area (Å²) in [5, 5.41) is 1.07. The molecule has 0 bridgehead atoms. The van der Waals surface area contributed by atoms with Crippen molar-refractivity contribution in [3.63, 3.8) is 0 Å². The fourth-order valence-electron chi connectivity index (χ4n) is 2.44. The van der Waals surface area contributed by atoms with Gasteiger partial charge in [0.15, 0.2) is 0 Å². The Labute approximate surface area is 121 Å². The number of hydrazine groups is 1. The number of hydrogen-bond acceptors (Lipinski definition) is 4. The predicted molar refractivity (Wildman–Crippen MR) is 79.7 cm³/mol. The molecular formula is C16H15FN4. The van der Waals surface area contributed by atoms with E-state index in [0.29, 0.717) is 6.42 Å². The standard InChI is InChI=1S/C16H15FN4/c17-13-7-12(9-19-10-13)16(21-18)8-11-5-6-20-15-4-2-1-3-14(11)15/h1-7,9-10,16,21H,8,18H2. The van der Waals surface area contributed by atoms with Crippen LogP contribution in [0.2, 0.25) is 0 Å². The number of pyridine rings is 2. The third kappa shape index (κ3) is 2.89. The summed E-state index contributed by atoms with van der Waals surface area (Å²) in [6.45, 7) is 0. The van der Waals surface area contributed by atoms with Gasteiger partial charge in [-0.25, -0.2) is 4.39 Å². The number of benzene rings is 1. The zero-order chi connectivity index (χ0) is 14.7. The molecule has 2 heterocycles. The topological polar surface area (TPSA) is 63.8 Å². The van der Waals surface area contributed by atoms with Crippen LogP contribution >= 0.6 is 0 Å². The van der Waals surface area contributed by atoms with Gasteiger partial charge in [0.25, 0.3) is 0 Å². The molecule has 0 aliphatic rings. The van der Waals surface area contributed by atoms with Crippen LogP contribution in [0, 0.1) is 5.82 Å². The quantitative estimate of drug-likeness (QED) is 0.570. The molecule has 0 saturated carbocycles. The first kappa shape index (κ1) is 13.6. The lowest BCUT2D eigenvalue weighted by molar-refractivity contribution is 0.542. The molecule has 21 heavy (non-hydrogen) atoms. The maximum atomic E-state index is 13.3. The largest absolute Gasteiger partial charge is 0.271 e. The van der Waals surface area contributed by atoms with E-state index >= 15 is 0 Å². The number of fused-ring (bicyclic) bond motifs is 1. The molecule has 0 radical (unpaired) electrons. The molecule has 5 heteroatoms. The number of nitrogens with one attached hydrogen (secondary N) is 1. The second kappa shape index (κ2) is 5.95. The fourth-order valence-corrected chi connectivity index (χ4v) is 2.44. The summed E-state index contributed by atoms with van der Waals surface area (Å²) in [5.74, 6) is 5.26. The average molecular weight is 282 g/mol. The molecule has 1 aromatic carbocycles. The highest BCUT2D eigenvalue weighted by molar-refractivity contribution is 5.81. The van der Waals surface area contributed by atoms with Crippen molar-refractivity contribution in [1.29, 1.82) is 0 Å². The fraction of sp³-hybridized carbons (Fsp3) is 0.125. The lowest BCUT2D eigenvalue weighted by atomic mass is 9.98. The van der Waals surface area contributed by atoms with Crippen molar-refractivity contribution in [2.24, 2.45) is 5.84 Å². The molecular weight excluding hydrogens is 267 g/mol. The van der Waals surface area contributed by atoms with Crippen LogP contribution in [-0.2, 0) is 6.42 Å². The SMILES string of the molecule is NNC(Cc1ccnc2ccccc12)c1cncc(F)c1. The van der Waals surface area contributed by atoms with E-state index in [1.165, 1.54) is 12.3 Å². The van der Waals surface area contributed by atoms with Gasteiger partial charge in [0, 0.05) is 17.8 Å². The Morgan fingerprint density at radius 2 is 2.05 bits per heavy atom. The molecule has 1 atom stereocenters. The molecule has 1 unspecified atom stereocenters. The third-order valence-corrected chi connectivity index (χ3v) is 3.49. The molecule has 0 saturated heterocycles. The summed E-state index contributed by atoms with van der Waals surface area (Å²) in [6.07, 6.45) is 5.20. The Hall–Kier alpha value is -2.37. The van der Waals surface area contributed by atoms with Crippen molar-refractivity contribution in [3.8, 4) is 0 Å². The van der Waals surface area contributed by atoms with Crippen molar-refractivity contribution in [1.82, 2.24) is 15.4 Å². The van der Waals surface area contributed by atoms with Crippen molar-refractivity contribution in [2.75, 3.05) is 0 Å². The average Bonchev–Trinajstić information content (AvgIpc) is 2.52. The maximum absolute atomic E-state index is 13.3. The van der Waals surface area contributed by atoms with E-state index in [2.05, 4.69) is 15.4 Å². The van der Waals surface area contributed by atoms with Crippen molar-refractivity contribution in [3.05, 3.63) is 71.9 Å². The van der Waals surface area contributed by atoms with E-state index in [-0.39, 0.29) is 11.9 Å². The van der Waals surface area contributed by atoms with Crippen LogP contribution in [0.1, 0.15) is 17.2 Å². The van der Waals surface area contributed by atoms with Gasteiger partial charge in [-0.05, 0) is 35.7 Å². The number of nitrogens with two attached hydrogens (primary N) is 1. The minimum absolute atomic E-state index is 0.209. The molecule has 0 aliphatic heterocycles. The second-order valence-corrected chi connectivity index (χ2v) is 4.85. The normalized spacial score (nSPS) is 12.5. The van der Waals surface area contributed by atoms with Gasteiger partial charge in [-0.15, -0.1) is 0 Å². The van der Waals surface area contributed by atoms with E-state index in [0.717, 1.165) is 22.0 Å². The minimum atomic E-state index is -0.368. The molecule has 2 aromatic heterocycles. The summed E-state index contributed by atoms with van der Waals surface area (Å²) in [4.78, 5) is 8.21. The zero-order valence-electron chi connectivity index (χ0n) is 11.3. The van der Waals surface area contributed by atoms with E-state index < -0.39 is 0 Å². The highest BCUT2D eigenvalue weighted by Crippen LogP contribution is 2.23. The Balaban J connectivity index is 1.96. The molecule has 4 nitrogen and oxygen atoms in total. The number of para-hydroxylation sites is 1. The number of rotatable bonds is 4. The van der Waals surface area contributed by atoms with E-state index in [9.17, 15) is 4.39 Å². The van der Waals surface area contributed by atoms with Gasteiger partial charge in [0.05, 0.1) is 17.8 Å². The van der Waals surface area contributed by atoms with Crippen LogP contribution in [0.3, 0.4) is 0 Å². The van der Waals surface area contributed by atoms with Crippen LogP contribution < -0.4 is 11.3 Å². The number of nitrogens with zero attached hydrogens (tertiary/aromatic N) is 2. The first-order valence-corrected chi connectivity index (χ1v) is 6.67. The number of halogens is 1. The highest BCUT2D eigenvalue weighted by Gasteiger charge is 2.13. The number of aromatic nitrogens is 2. The van der Waals surface area contributed by atoms with Crippen molar-refractivity contribution in [2.45, 2.75) is 12.5 Å². The van der Waals surface area contributed by atoms with Gasteiger partial charge >= 0.3 is 0 Å². The van der Waals surface area contributed by atoms with Crippen molar-refractivity contribution >= 4 is 10.9 Å². The second-order valence-electron chi connectivity index (χ2n) is 4.85. The van der Waals surface area contributed by atoms with Crippen LogP contribution in [-0.4, -0.2) is 9.97 Å². The lowest BCUT2D eigenvalue weighted by Gasteiger charge is -2.17. The van der Waals surface area contributed by atoms with Gasteiger partial charge < -0.3 is 0 Å². The molecule has 0 spiro atoms. The van der Waals surface area contributed by atoms with Gasteiger partial charge in [0.1, 0.15) is 5.82 Å². The van der Waals surface area contributed by atoms with E-state index in [1.54, 1.807) is 12.4 Å². The summed E-state index contributed by atoms with van der Waals surface area (Å²) < 4.78 is 13.3. The van der Waals surface area contributed by atoms with Crippen LogP contribution in [0.5, 0.6) is 0 Å². The summed E-state index contributed by atoms with van der Waals surface area (Å²) >= 11 is 0. The Morgan fingerprint density at radius 1 is 1.19 bits per heavy atom. The van der Waals surface area contributed by atoms with Gasteiger partial charge in [0.2, 0.25) is 0 Å². The molecule has 0 aliphatic carbocycles. The Morgan fingerprint density at radius 3 is 2.86 bits per heavy atom. The molecule has 0 fully saturated rings. The monoisotopic (exact) mass is 282 g/mol. The molecule has 106 valence electrons. The lowest BCUT2D eigenvalue weighted by Crippen LogP contribution is -2.29. The van der Waals surface area contributed by atoms with E-state index in [4.69, 9.17) is 5.84 Å². The highest BCUT2D eigenvalue weighted by atomic mass is 19.1. The van der Waals surface area contributed by atoms with Crippen LogP contribution in [0.25, 0.3) is 10.9 Å². The van der Waals surface area contributed by atoms with Crippen molar-refractivity contribution < 1.29 is 4.39 Å². The first-order valence-electron chi connectivity index (χ1n) is 6.67. The van der Waals surface area contributed by atoms with Crippen LogP contribution in [0.15, 0.2) is 55.0 Å².